The van der Waals surface area contributed by atoms with Crippen molar-refractivity contribution in [2.45, 2.75) is 39.0 Å². The molecular formula is C44H36N2+2. The molecule has 0 atom stereocenters. The highest BCUT2D eigenvalue weighted by Crippen LogP contribution is 2.40. The molecule has 2 aliphatic rings. The van der Waals surface area contributed by atoms with Gasteiger partial charge in [-0.15, -0.1) is 0 Å². The van der Waals surface area contributed by atoms with Crippen LogP contribution in [0.4, 0.5) is 0 Å². The van der Waals surface area contributed by atoms with Crippen molar-refractivity contribution in [2.24, 2.45) is 0 Å². The monoisotopic (exact) mass is 592 g/mol. The highest BCUT2D eigenvalue weighted by Gasteiger charge is 2.39. The molecule has 5 aromatic carbocycles. The minimum absolute atomic E-state index is 0.0481. The molecule has 0 aliphatic carbocycles. The predicted octanol–water partition coefficient (Wildman–Crippen LogP) is 9.80. The van der Waals surface area contributed by atoms with Crippen LogP contribution in [0.1, 0.15) is 37.5 Å². The summed E-state index contributed by atoms with van der Waals surface area (Å²) >= 11 is 0. The second-order valence-corrected chi connectivity index (χ2v) is 13.9. The van der Waals surface area contributed by atoms with Crippen LogP contribution in [0.5, 0.6) is 0 Å². The van der Waals surface area contributed by atoms with Crippen molar-refractivity contribution >= 4 is 32.9 Å². The van der Waals surface area contributed by atoms with Crippen LogP contribution < -0.4 is 9.13 Å². The first-order valence-corrected chi connectivity index (χ1v) is 16.4. The van der Waals surface area contributed by atoms with E-state index in [-0.39, 0.29) is 5.41 Å². The Labute approximate surface area is 270 Å². The van der Waals surface area contributed by atoms with Crippen LogP contribution in [0.2, 0.25) is 0 Å². The zero-order valence-corrected chi connectivity index (χ0v) is 26.6. The molecule has 7 aromatic rings. The smallest absolute Gasteiger partial charge is 0.158 e. The molecule has 0 N–H and O–H groups in total. The van der Waals surface area contributed by atoms with Gasteiger partial charge in [-0.05, 0) is 79.0 Å². The lowest BCUT2D eigenvalue weighted by atomic mass is 9.84. The van der Waals surface area contributed by atoms with Gasteiger partial charge in [0.2, 0.25) is 11.4 Å². The van der Waals surface area contributed by atoms with E-state index in [2.05, 4.69) is 170 Å². The second kappa shape index (κ2) is 10.1. The quantitative estimate of drug-likeness (QED) is 0.132. The molecule has 2 aliphatic heterocycles. The van der Waals surface area contributed by atoms with E-state index in [0.717, 1.165) is 12.8 Å². The first-order valence-electron chi connectivity index (χ1n) is 16.4. The molecule has 220 valence electrons. The van der Waals surface area contributed by atoms with Gasteiger partial charge in [-0.2, -0.15) is 9.13 Å². The highest BCUT2D eigenvalue weighted by molar-refractivity contribution is 6.09. The Hall–Kier alpha value is -5.34. The molecule has 0 unspecified atom stereocenters. The van der Waals surface area contributed by atoms with E-state index in [4.69, 9.17) is 0 Å². The Bertz CT molecular complexity index is 2390. The first-order chi connectivity index (χ1) is 22.4. The van der Waals surface area contributed by atoms with Gasteiger partial charge in [0.25, 0.3) is 11.4 Å². The normalized spacial score (nSPS) is 15.3. The van der Waals surface area contributed by atoms with Gasteiger partial charge in [0, 0.05) is 24.3 Å². The number of hydrogen-bond acceptors (Lipinski definition) is 0. The number of fused-ring (bicyclic) bond motifs is 9. The third-order valence-corrected chi connectivity index (χ3v) is 10.0. The maximum Gasteiger partial charge on any atom is 0.259 e. The lowest BCUT2D eigenvalue weighted by Gasteiger charge is -2.24. The summed E-state index contributed by atoms with van der Waals surface area (Å²) in [5.41, 5.74) is 14.5. The minimum Gasteiger partial charge on any atom is -0.158 e. The predicted molar refractivity (Wildman–Crippen MR) is 190 cm³/mol. The van der Waals surface area contributed by atoms with E-state index in [0.29, 0.717) is 0 Å². The largest absolute Gasteiger partial charge is 0.259 e. The molecule has 46 heavy (non-hydrogen) atoms. The van der Waals surface area contributed by atoms with Gasteiger partial charge in [-0.1, -0.05) is 99.6 Å². The topological polar surface area (TPSA) is 7.76 Å². The van der Waals surface area contributed by atoms with Crippen LogP contribution in [0.15, 0.2) is 140 Å². The van der Waals surface area contributed by atoms with E-state index in [1.807, 2.05) is 0 Å². The Balaban J connectivity index is 1.28. The third kappa shape index (κ3) is 4.24. The molecule has 2 nitrogen and oxygen atoms in total. The Morgan fingerprint density at radius 3 is 2.04 bits per heavy atom. The zero-order valence-electron chi connectivity index (χ0n) is 26.6. The van der Waals surface area contributed by atoms with E-state index in [1.165, 1.54) is 83.3 Å². The highest BCUT2D eigenvalue weighted by atomic mass is 15.1. The maximum absolute atomic E-state index is 2.48. The molecule has 0 spiro atoms. The fourth-order valence-corrected chi connectivity index (χ4v) is 7.58. The van der Waals surface area contributed by atoms with E-state index >= 15 is 0 Å². The Kier molecular flexibility index (Phi) is 5.92. The summed E-state index contributed by atoms with van der Waals surface area (Å²) in [4.78, 5) is 0. The first kappa shape index (κ1) is 27.0. The van der Waals surface area contributed by atoms with Crippen molar-refractivity contribution in [3.8, 4) is 33.6 Å². The molecular weight excluding hydrogens is 556 g/mol. The van der Waals surface area contributed by atoms with Crippen LogP contribution in [0.3, 0.4) is 0 Å². The summed E-state index contributed by atoms with van der Waals surface area (Å²) in [6, 6.07) is 47.3. The summed E-state index contributed by atoms with van der Waals surface area (Å²) in [7, 11) is 0. The fourth-order valence-electron chi connectivity index (χ4n) is 7.58. The van der Waals surface area contributed by atoms with Crippen molar-refractivity contribution in [3.63, 3.8) is 0 Å². The van der Waals surface area contributed by atoms with Crippen molar-refractivity contribution < 1.29 is 9.13 Å². The molecule has 2 aromatic heterocycles. The van der Waals surface area contributed by atoms with Crippen LogP contribution >= 0.6 is 0 Å². The average molecular weight is 593 g/mol. The van der Waals surface area contributed by atoms with E-state index in [9.17, 15) is 0 Å². The molecule has 2 heteroatoms. The van der Waals surface area contributed by atoms with Crippen LogP contribution in [0.25, 0.3) is 66.6 Å². The Morgan fingerprint density at radius 2 is 1.20 bits per heavy atom. The number of rotatable bonds is 1. The maximum atomic E-state index is 2.48. The zero-order chi connectivity index (χ0) is 31.0. The van der Waals surface area contributed by atoms with Crippen LogP contribution in [-0.2, 0) is 18.3 Å². The standard InChI is InChI=1S/C44H36N2/c1-44(2,3)35-20-22-46-41(28-35)38-23-31(29-11-5-4-6-12-29)17-19-33(38)26-42(46)43-27-34-25-37-32(18-16-30-13-7-8-14-36(30)37)24-39(34)40-15-9-10-21-45(40)43/h4-25,28H,26-27H2,1-3H3/q+2/b43-42+. The summed E-state index contributed by atoms with van der Waals surface area (Å²) in [5, 5.41) is 5.23. The number of aromatic nitrogens is 2. The van der Waals surface area contributed by atoms with E-state index in [1.54, 1.807) is 0 Å². The summed E-state index contributed by atoms with van der Waals surface area (Å²) in [6.07, 6.45) is 6.32. The molecule has 0 saturated carbocycles. The summed E-state index contributed by atoms with van der Waals surface area (Å²) in [6.45, 7) is 6.92. The lowest BCUT2D eigenvalue weighted by molar-refractivity contribution is -0.602. The van der Waals surface area contributed by atoms with Crippen LogP contribution in [0, 0.1) is 0 Å². The number of pyridine rings is 2. The molecule has 0 amide bonds. The SMILES string of the molecule is CC(C)(C)c1cc[n+]2c(c1)-c1cc(-c3ccccc3)ccc1C/C2=C1/Cc2cc3c(ccc4ccccc43)cc2-c2cccc[n+]21. The number of nitrogens with zero attached hydrogens (tertiary/aromatic N) is 2. The van der Waals surface area contributed by atoms with Gasteiger partial charge in [-0.3, -0.25) is 0 Å². The number of hydrogen-bond donors (Lipinski definition) is 0. The van der Waals surface area contributed by atoms with Gasteiger partial charge in [0.15, 0.2) is 12.4 Å². The van der Waals surface area contributed by atoms with Crippen molar-refractivity contribution in [1.29, 1.82) is 0 Å². The minimum atomic E-state index is 0.0481. The summed E-state index contributed by atoms with van der Waals surface area (Å²) < 4.78 is 4.93. The molecule has 9 rings (SSSR count). The van der Waals surface area contributed by atoms with Gasteiger partial charge < -0.3 is 0 Å². The average Bonchev–Trinajstić information content (AvgIpc) is 3.09. The second-order valence-electron chi connectivity index (χ2n) is 13.9. The van der Waals surface area contributed by atoms with Crippen molar-refractivity contribution in [1.82, 2.24) is 0 Å². The molecule has 0 radical (unpaired) electrons. The third-order valence-electron chi connectivity index (χ3n) is 10.0. The van der Waals surface area contributed by atoms with Crippen LogP contribution in [-0.4, -0.2) is 0 Å². The van der Waals surface area contributed by atoms with E-state index < -0.39 is 0 Å². The number of allylic oxidation sites excluding steroid dienone is 2. The van der Waals surface area contributed by atoms with Crippen molar-refractivity contribution in [3.05, 3.63) is 156 Å². The van der Waals surface area contributed by atoms with Gasteiger partial charge in [0.1, 0.15) is 0 Å². The fraction of sp³-hybridized carbons (Fsp3) is 0.136. The van der Waals surface area contributed by atoms with Crippen molar-refractivity contribution in [2.75, 3.05) is 0 Å². The summed E-state index contributed by atoms with van der Waals surface area (Å²) in [5.74, 6) is 0. The van der Waals surface area contributed by atoms with Gasteiger partial charge >= 0.3 is 0 Å². The molecule has 0 bridgehead atoms. The van der Waals surface area contributed by atoms with Gasteiger partial charge in [-0.25, -0.2) is 0 Å². The Morgan fingerprint density at radius 1 is 0.478 bits per heavy atom. The molecule has 4 heterocycles. The lowest BCUT2D eigenvalue weighted by Crippen LogP contribution is -2.47. The molecule has 0 saturated heterocycles. The molecule has 0 fully saturated rings. The number of benzene rings is 5. The van der Waals surface area contributed by atoms with Gasteiger partial charge in [0.05, 0.1) is 24.0 Å².